The number of carbonyl (C=O) groups excluding carboxylic acids is 2. The SMILES string of the molecule is CC(C)C(=O)Nc1ccc(CNC(=O)c2cccc(S(=O)(=O)N3CCCC[C@@H]3C)c2)cc1. The molecule has 3 rings (SSSR count). The van der Waals surface area contributed by atoms with Gasteiger partial charge in [-0.05, 0) is 55.7 Å². The van der Waals surface area contributed by atoms with E-state index >= 15 is 0 Å². The highest BCUT2D eigenvalue weighted by atomic mass is 32.2. The van der Waals surface area contributed by atoms with E-state index in [-0.39, 0.29) is 35.2 Å². The van der Waals surface area contributed by atoms with E-state index in [1.807, 2.05) is 32.9 Å². The summed E-state index contributed by atoms with van der Waals surface area (Å²) in [5.74, 6) is -0.502. The highest BCUT2D eigenvalue weighted by Crippen LogP contribution is 2.25. The molecular formula is C24H31N3O4S. The zero-order chi connectivity index (χ0) is 23.3. The van der Waals surface area contributed by atoms with Crippen LogP contribution in [0.1, 0.15) is 56.0 Å². The van der Waals surface area contributed by atoms with Gasteiger partial charge in [-0.15, -0.1) is 0 Å². The predicted octanol–water partition coefficient (Wildman–Crippen LogP) is 3.77. The maximum Gasteiger partial charge on any atom is 0.251 e. The molecule has 1 fully saturated rings. The molecule has 0 aromatic heterocycles. The fraction of sp³-hybridized carbons (Fsp3) is 0.417. The van der Waals surface area contributed by atoms with Crippen LogP contribution in [0.3, 0.4) is 0 Å². The molecule has 172 valence electrons. The average molecular weight is 458 g/mol. The van der Waals surface area contributed by atoms with Crippen molar-refractivity contribution in [2.45, 2.75) is 57.5 Å². The second kappa shape index (κ2) is 10.3. The van der Waals surface area contributed by atoms with Crippen LogP contribution in [0.4, 0.5) is 5.69 Å². The molecule has 1 heterocycles. The van der Waals surface area contributed by atoms with Crippen molar-refractivity contribution in [2.75, 3.05) is 11.9 Å². The average Bonchev–Trinajstić information content (AvgIpc) is 2.78. The summed E-state index contributed by atoms with van der Waals surface area (Å²) in [6, 6.07) is 13.4. The van der Waals surface area contributed by atoms with E-state index in [1.54, 1.807) is 24.3 Å². The minimum absolute atomic E-state index is 0.0421. The van der Waals surface area contributed by atoms with Gasteiger partial charge in [0, 0.05) is 36.3 Å². The maximum absolute atomic E-state index is 13.1. The first kappa shape index (κ1) is 23.9. The summed E-state index contributed by atoms with van der Waals surface area (Å²) in [5.41, 5.74) is 1.87. The Labute approximate surface area is 190 Å². The standard InChI is InChI=1S/C24H31N3O4S/c1-17(2)23(28)26-21-12-10-19(11-13-21)16-25-24(29)20-8-6-9-22(15-20)32(30,31)27-14-5-4-7-18(27)3/h6,8-13,15,17-18H,4-5,7,14,16H2,1-3H3,(H,25,29)(H,26,28)/t18-/m0/s1. The predicted molar refractivity (Wildman–Crippen MR) is 125 cm³/mol. The molecule has 0 aliphatic carbocycles. The molecule has 2 aromatic carbocycles. The summed E-state index contributed by atoms with van der Waals surface area (Å²) in [4.78, 5) is 24.6. The molecule has 1 aliphatic rings. The Bertz CT molecular complexity index is 1060. The van der Waals surface area contributed by atoms with E-state index in [1.165, 1.54) is 16.4 Å². The number of amides is 2. The van der Waals surface area contributed by atoms with Crippen LogP contribution >= 0.6 is 0 Å². The van der Waals surface area contributed by atoms with Gasteiger partial charge in [0.2, 0.25) is 15.9 Å². The van der Waals surface area contributed by atoms with Crippen molar-refractivity contribution in [1.82, 2.24) is 9.62 Å². The first-order chi connectivity index (χ1) is 15.2. The molecular weight excluding hydrogens is 426 g/mol. The Morgan fingerprint density at radius 3 is 2.47 bits per heavy atom. The molecule has 7 nitrogen and oxygen atoms in total. The van der Waals surface area contributed by atoms with Crippen LogP contribution in [0.2, 0.25) is 0 Å². The van der Waals surface area contributed by atoms with Gasteiger partial charge in [-0.2, -0.15) is 4.31 Å². The summed E-state index contributed by atoms with van der Waals surface area (Å²) in [7, 11) is -3.64. The Hall–Kier alpha value is -2.71. The highest BCUT2D eigenvalue weighted by molar-refractivity contribution is 7.89. The summed E-state index contributed by atoms with van der Waals surface area (Å²) < 4.78 is 27.7. The Kier molecular flexibility index (Phi) is 7.69. The van der Waals surface area contributed by atoms with E-state index in [0.717, 1.165) is 24.8 Å². The van der Waals surface area contributed by atoms with Crippen molar-refractivity contribution in [2.24, 2.45) is 5.92 Å². The first-order valence-corrected chi connectivity index (χ1v) is 12.4. The molecule has 0 saturated carbocycles. The van der Waals surface area contributed by atoms with Gasteiger partial charge in [-0.25, -0.2) is 8.42 Å². The van der Waals surface area contributed by atoms with Gasteiger partial charge in [-0.1, -0.05) is 38.5 Å². The third-order valence-electron chi connectivity index (χ3n) is 5.64. The fourth-order valence-electron chi connectivity index (χ4n) is 3.64. The van der Waals surface area contributed by atoms with Crippen molar-refractivity contribution < 1.29 is 18.0 Å². The fourth-order valence-corrected chi connectivity index (χ4v) is 5.38. The molecule has 1 saturated heterocycles. The van der Waals surface area contributed by atoms with E-state index in [4.69, 9.17) is 0 Å². The summed E-state index contributed by atoms with van der Waals surface area (Å²) >= 11 is 0. The smallest absolute Gasteiger partial charge is 0.251 e. The zero-order valence-electron chi connectivity index (χ0n) is 18.8. The molecule has 2 aromatic rings. The molecule has 2 amide bonds. The second-order valence-corrected chi connectivity index (χ2v) is 10.4. The van der Waals surface area contributed by atoms with Gasteiger partial charge in [0.1, 0.15) is 0 Å². The van der Waals surface area contributed by atoms with E-state index in [9.17, 15) is 18.0 Å². The minimum atomic E-state index is -3.64. The van der Waals surface area contributed by atoms with Gasteiger partial charge in [0.05, 0.1) is 4.90 Å². The Morgan fingerprint density at radius 1 is 1.09 bits per heavy atom. The third-order valence-corrected chi connectivity index (χ3v) is 7.65. The number of carbonyl (C=O) groups is 2. The molecule has 1 atom stereocenters. The lowest BCUT2D eigenvalue weighted by molar-refractivity contribution is -0.118. The lowest BCUT2D eigenvalue weighted by Crippen LogP contribution is -2.42. The minimum Gasteiger partial charge on any atom is -0.348 e. The van der Waals surface area contributed by atoms with E-state index in [2.05, 4.69) is 10.6 Å². The van der Waals surface area contributed by atoms with Gasteiger partial charge in [-0.3, -0.25) is 9.59 Å². The number of rotatable bonds is 7. The van der Waals surface area contributed by atoms with Crippen LogP contribution in [0.5, 0.6) is 0 Å². The van der Waals surface area contributed by atoms with Crippen molar-refractivity contribution in [3.05, 3.63) is 59.7 Å². The number of benzene rings is 2. The topological polar surface area (TPSA) is 95.6 Å². The molecule has 8 heteroatoms. The summed E-state index contributed by atoms with van der Waals surface area (Å²) in [6.45, 7) is 6.37. The van der Waals surface area contributed by atoms with Crippen LogP contribution in [-0.2, 0) is 21.4 Å². The molecule has 32 heavy (non-hydrogen) atoms. The molecule has 0 bridgehead atoms. The number of piperidine rings is 1. The van der Waals surface area contributed by atoms with Crippen molar-refractivity contribution in [3.8, 4) is 0 Å². The molecule has 2 N–H and O–H groups in total. The second-order valence-electron chi connectivity index (χ2n) is 8.51. The van der Waals surface area contributed by atoms with Gasteiger partial charge in [0.25, 0.3) is 5.91 Å². The third kappa shape index (κ3) is 5.75. The number of nitrogens with zero attached hydrogens (tertiary/aromatic N) is 1. The van der Waals surface area contributed by atoms with Crippen LogP contribution in [0, 0.1) is 5.92 Å². The van der Waals surface area contributed by atoms with Gasteiger partial charge < -0.3 is 10.6 Å². The lowest BCUT2D eigenvalue weighted by atomic mass is 10.1. The normalized spacial score (nSPS) is 17.2. The van der Waals surface area contributed by atoms with Crippen molar-refractivity contribution >= 4 is 27.5 Å². The van der Waals surface area contributed by atoms with Crippen LogP contribution < -0.4 is 10.6 Å². The van der Waals surface area contributed by atoms with Crippen LogP contribution in [-0.4, -0.2) is 37.1 Å². The van der Waals surface area contributed by atoms with Crippen LogP contribution in [0.15, 0.2) is 53.4 Å². The van der Waals surface area contributed by atoms with Crippen molar-refractivity contribution in [1.29, 1.82) is 0 Å². The Balaban J connectivity index is 1.64. The number of nitrogens with one attached hydrogen (secondary N) is 2. The van der Waals surface area contributed by atoms with E-state index in [0.29, 0.717) is 17.8 Å². The molecule has 0 unspecified atom stereocenters. The summed E-state index contributed by atoms with van der Waals surface area (Å²) in [6.07, 6.45) is 2.73. The number of sulfonamides is 1. The van der Waals surface area contributed by atoms with Crippen molar-refractivity contribution in [3.63, 3.8) is 0 Å². The van der Waals surface area contributed by atoms with Gasteiger partial charge in [0.15, 0.2) is 0 Å². The largest absolute Gasteiger partial charge is 0.348 e. The Morgan fingerprint density at radius 2 is 1.81 bits per heavy atom. The zero-order valence-corrected chi connectivity index (χ0v) is 19.6. The summed E-state index contributed by atoms with van der Waals surface area (Å²) in [5, 5.41) is 5.65. The molecule has 0 radical (unpaired) electrons. The maximum atomic E-state index is 13.1. The first-order valence-electron chi connectivity index (χ1n) is 11.0. The van der Waals surface area contributed by atoms with Gasteiger partial charge >= 0.3 is 0 Å². The lowest BCUT2D eigenvalue weighted by Gasteiger charge is -2.32. The van der Waals surface area contributed by atoms with Crippen LogP contribution in [0.25, 0.3) is 0 Å². The van der Waals surface area contributed by atoms with E-state index < -0.39 is 10.0 Å². The highest BCUT2D eigenvalue weighted by Gasteiger charge is 2.31. The monoisotopic (exact) mass is 457 g/mol. The molecule has 0 spiro atoms. The molecule has 1 aliphatic heterocycles. The quantitative estimate of drug-likeness (QED) is 0.662. The number of hydrogen-bond donors (Lipinski definition) is 2. The number of hydrogen-bond acceptors (Lipinski definition) is 4. The number of anilines is 1.